The predicted molar refractivity (Wildman–Crippen MR) is 209 cm³/mol. The van der Waals surface area contributed by atoms with Crippen molar-refractivity contribution in [1.82, 2.24) is 24.0 Å². The highest BCUT2D eigenvalue weighted by Gasteiger charge is 2.32. The van der Waals surface area contributed by atoms with E-state index in [0.717, 1.165) is 48.4 Å². The lowest BCUT2D eigenvalue weighted by Gasteiger charge is -2.34. The highest BCUT2D eigenvalue weighted by molar-refractivity contribution is 6.01. The van der Waals surface area contributed by atoms with Crippen LogP contribution in [0.3, 0.4) is 0 Å². The Morgan fingerprint density at radius 3 is 2.40 bits per heavy atom. The van der Waals surface area contributed by atoms with Gasteiger partial charge in [-0.2, -0.15) is 0 Å². The largest absolute Gasteiger partial charge is 0.385 e. The van der Waals surface area contributed by atoms with Crippen LogP contribution in [0.5, 0.6) is 0 Å². The van der Waals surface area contributed by atoms with E-state index >= 15 is 4.39 Å². The van der Waals surface area contributed by atoms with Crippen molar-refractivity contribution >= 4 is 45.6 Å². The Morgan fingerprint density at radius 2 is 1.67 bits per heavy atom. The molecule has 5 heterocycles. The SMILES string of the molecule is Cc1ccc(Nc2c3c(=O)n(C4CC4)c(=O)n(-c4cccc(NCC5CCN(c6cncc(C7CCC(=O)NC7=O)c6)CC5)c4)c3c(C)c(=O)n2C)c(F)c1. The van der Waals surface area contributed by atoms with Gasteiger partial charge in [-0.05, 0) is 99.4 Å². The normalized spacial score (nSPS) is 17.7. The molecule has 13 nitrogen and oxygen atoms in total. The summed E-state index contributed by atoms with van der Waals surface area (Å²) >= 11 is 0. The zero-order valence-corrected chi connectivity index (χ0v) is 31.0. The molecular formula is C41H43FN8O5. The van der Waals surface area contributed by atoms with Crippen LogP contribution >= 0.6 is 0 Å². The van der Waals surface area contributed by atoms with Gasteiger partial charge in [0.1, 0.15) is 17.0 Å². The van der Waals surface area contributed by atoms with Crippen molar-refractivity contribution in [3.8, 4) is 5.69 Å². The number of nitrogens with one attached hydrogen (secondary N) is 3. The van der Waals surface area contributed by atoms with Gasteiger partial charge in [0.25, 0.3) is 11.1 Å². The van der Waals surface area contributed by atoms with Gasteiger partial charge in [-0.1, -0.05) is 12.1 Å². The average molecular weight is 747 g/mol. The zero-order valence-electron chi connectivity index (χ0n) is 31.0. The molecule has 5 aromatic rings. The van der Waals surface area contributed by atoms with Gasteiger partial charge in [0.15, 0.2) is 0 Å². The van der Waals surface area contributed by atoms with Crippen molar-refractivity contribution in [3.63, 3.8) is 0 Å². The third-order valence-corrected chi connectivity index (χ3v) is 11.2. The standard InChI is InChI=1S/C41H43FN8O5/c1-23-7-11-33(32(42)17-23)45-37-35-36(24(2)39(53)47(37)3)49(41(55)50(40(35)54)28-8-9-28)29-6-4-5-27(19-29)44-20-25-13-15-48(16-14-25)30-18-26(21-43-22-30)31-10-12-34(51)46-38(31)52/h4-7,11,17-19,21-22,25,28,31,44-45H,8-10,12-16,20H2,1-3H3,(H,46,51,52). The van der Waals surface area contributed by atoms with E-state index in [9.17, 15) is 24.0 Å². The molecule has 3 aromatic heterocycles. The number of rotatable bonds is 9. The van der Waals surface area contributed by atoms with Crippen LogP contribution in [0.2, 0.25) is 0 Å². The molecule has 2 aromatic carbocycles. The maximum absolute atomic E-state index is 15.1. The number of hydrogen-bond donors (Lipinski definition) is 3. The number of anilines is 4. The number of imide groups is 1. The molecule has 284 valence electrons. The number of piperidine rings is 2. The van der Waals surface area contributed by atoms with Crippen molar-refractivity contribution < 1.29 is 14.0 Å². The van der Waals surface area contributed by atoms with Crippen LogP contribution in [-0.2, 0) is 16.6 Å². The summed E-state index contributed by atoms with van der Waals surface area (Å²) in [6.45, 7) is 5.70. The molecule has 55 heavy (non-hydrogen) atoms. The smallest absolute Gasteiger partial charge is 0.336 e. The first-order chi connectivity index (χ1) is 26.5. The lowest BCUT2D eigenvalue weighted by molar-refractivity contribution is -0.134. The fourth-order valence-electron chi connectivity index (χ4n) is 7.94. The van der Waals surface area contributed by atoms with E-state index in [2.05, 4.69) is 25.8 Å². The Hall–Kier alpha value is -6.05. The lowest BCUT2D eigenvalue weighted by Crippen LogP contribution is -2.41. The lowest BCUT2D eigenvalue weighted by atomic mass is 9.91. The molecular weight excluding hydrogens is 704 g/mol. The van der Waals surface area contributed by atoms with Gasteiger partial charge in [0, 0.05) is 56.6 Å². The summed E-state index contributed by atoms with van der Waals surface area (Å²) in [7, 11) is 1.53. The molecule has 2 amide bonds. The Balaban J connectivity index is 1.05. The number of nitrogens with zero attached hydrogens (tertiary/aromatic N) is 5. The number of aryl methyl sites for hydroxylation is 2. The number of carbonyl (C=O) groups is 2. The van der Waals surface area contributed by atoms with Gasteiger partial charge in [0.05, 0.1) is 34.7 Å². The maximum Gasteiger partial charge on any atom is 0.336 e. The molecule has 2 saturated heterocycles. The van der Waals surface area contributed by atoms with Crippen LogP contribution < -0.4 is 37.7 Å². The molecule has 3 fully saturated rings. The minimum Gasteiger partial charge on any atom is -0.385 e. The average Bonchev–Trinajstić information content (AvgIpc) is 4.01. The van der Waals surface area contributed by atoms with Crippen LogP contribution in [0.25, 0.3) is 16.6 Å². The van der Waals surface area contributed by atoms with Crippen molar-refractivity contribution in [3.05, 3.63) is 115 Å². The molecule has 1 unspecified atom stereocenters. The quantitative estimate of drug-likeness (QED) is 0.178. The first-order valence-corrected chi connectivity index (χ1v) is 18.8. The molecule has 8 rings (SSSR count). The van der Waals surface area contributed by atoms with E-state index < -0.39 is 22.6 Å². The third kappa shape index (κ3) is 6.81. The van der Waals surface area contributed by atoms with Gasteiger partial charge in [-0.25, -0.2) is 9.18 Å². The summed E-state index contributed by atoms with van der Waals surface area (Å²) in [6, 6.07) is 13.8. The summed E-state index contributed by atoms with van der Waals surface area (Å²) in [5.74, 6) is -0.949. The molecule has 0 radical (unpaired) electrons. The number of amides is 2. The Morgan fingerprint density at radius 1 is 0.891 bits per heavy atom. The second-order valence-corrected chi connectivity index (χ2v) is 15.0. The third-order valence-electron chi connectivity index (χ3n) is 11.2. The predicted octanol–water partition coefficient (Wildman–Crippen LogP) is 4.93. The van der Waals surface area contributed by atoms with Crippen LogP contribution in [0, 0.1) is 25.6 Å². The highest BCUT2D eigenvalue weighted by Crippen LogP contribution is 2.35. The van der Waals surface area contributed by atoms with Crippen LogP contribution in [0.15, 0.2) is 75.3 Å². The molecule has 1 aliphatic carbocycles. The zero-order chi connectivity index (χ0) is 38.5. The number of aromatic nitrogens is 4. The van der Waals surface area contributed by atoms with E-state index in [1.54, 1.807) is 38.2 Å². The fraction of sp³-hybridized carbons (Fsp3) is 0.366. The maximum atomic E-state index is 15.1. The van der Waals surface area contributed by atoms with Crippen LogP contribution in [-0.4, -0.2) is 50.1 Å². The molecule has 3 N–H and O–H groups in total. The van der Waals surface area contributed by atoms with Crippen molar-refractivity contribution in [2.24, 2.45) is 13.0 Å². The van der Waals surface area contributed by atoms with Gasteiger partial charge in [-0.15, -0.1) is 0 Å². The van der Waals surface area contributed by atoms with Gasteiger partial charge in [0.2, 0.25) is 11.8 Å². The minimum absolute atomic E-state index is 0.107. The molecule has 14 heteroatoms. The van der Waals surface area contributed by atoms with E-state index in [0.29, 0.717) is 43.8 Å². The summed E-state index contributed by atoms with van der Waals surface area (Å²) in [6.07, 6.45) is 7.52. The fourth-order valence-corrected chi connectivity index (χ4v) is 7.94. The Bertz CT molecular complexity index is 2550. The second-order valence-electron chi connectivity index (χ2n) is 15.0. The Labute approximate surface area is 315 Å². The minimum atomic E-state index is -0.530. The number of carbonyl (C=O) groups excluding carboxylic acids is 2. The van der Waals surface area contributed by atoms with E-state index in [1.165, 1.54) is 26.8 Å². The molecule has 2 aliphatic heterocycles. The first-order valence-electron chi connectivity index (χ1n) is 18.8. The molecule has 3 aliphatic rings. The van der Waals surface area contributed by atoms with Crippen LogP contribution in [0.4, 0.5) is 27.3 Å². The monoisotopic (exact) mass is 746 g/mol. The van der Waals surface area contributed by atoms with Crippen molar-refractivity contribution in [2.75, 3.05) is 35.2 Å². The summed E-state index contributed by atoms with van der Waals surface area (Å²) in [5.41, 5.74) is 2.83. The van der Waals surface area contributed by atoms with Gasteiger partial charge < -0.3 is 15.5 Å². The number of fused-ring (bicyclic) bond motifs is 1. The topological polar surface area (TPSA) is 152 Å². The second kappa shape index (κ2) is 14.3. The summed E-state index contributed by atoms with van der Waals surface area (Å²) < 4.78 is 19.1. The molecule has 1 atom stereocenters. The number of benzene rings is 2. The highest BCUT2D eigenvalue weighted by atomic mass is 19.1. The van der Waals surface area contributed by atoms with Crippen LogP contribution in [0.1, 0.15) is 67.2 Å². The van der Waals surface area contributed by atoms with E-state index in [1.807, 2.05) is 30.5 Å². The van der Waals surface area contributed by atoms with Gasteiger partial charge in [-0.3, -0.25) is 43.2 Å². The van der Waals surface area contributed by atoms with Crippen molar-refractivity contribution in [1.29, 1.82) is 0 Å². The van der Waals surface area contributed by atoms with Crippen molar-refractivity contribution in [2.45, 2.75) is 64.3 Å². The number of pyridine rings is 2. The molecule has 1 saturated carbocycles. The molecule has 0 bridgehead atoms. The van der Waals surface area contributed by atoms with Gasteiger partial charge >= 0.3 is 5.69 Å². The number of hydrogen-bond acceptors (Lipinski definition) is 9. The summed E-state index contributed by atoms with van der Waals surface area (Å²) in [5, 5.41) is 9.14. The van der Waals surface area contributed by atoms with E-state index in [-0.39, 0.29) is 51.7 Å². The summed E-state index contributed by atoms with van der Waals surface area (Å²) in [4.78, 5) is 72.9. The number of halogens is 1. The first kappa shape index (κ1) is 36.0. The Kier molecular flexibility index (Phi) is 9.35. The molecule has 0 spiro atoms. The van der Waals surface area contributed by atoms with E-state index in [4.69, 9.17) is 0 Å².